The summed E-state index contributed by atoms with van der Waals surface area (Å²) in [6.07, 6.45) is 6.08. The van der Waals surface area contributed by atoms with Gasteiger partial charge in [0.2, 0.25) is 11.8 Å². The number of ketones is 1. The normalized spacial score (nSPS) is 25.5. The molecule has 3 aromatic rings. The monoisotopic (exact) mass is 885 g/mol. The number of benzene rings is 3. The number of carbonyl (C=O) groups excluding carboxylic acids is 5. The van der Waals surface area contributed by atoms with Gasteiger partial charge in [-0.1, -0.05) is 51.1 Å². The van der Waals surface area contributed by atoms with E-state index in [1.807, 2.05) is 17.0 Å². The molecular formula is C51H53ClFN5O6. The zero-order valence-corrected chi connectivity index (χ0v) is 37.5. The van der Waals surface area contributed by atoms with Crippen molar-refractivity contribution >= 4 is 46.7 Å². The lowest BCUT2D eigenvalue weighted by atomic mass is 9.44. The number of amides is 4. The Morgan fingerprint density at radius 1 is 0.844 bits per heavy atom. The molecule has 64 heavy (non-hydrogen) atoms. The molecule has 11 nitrogen and oxygen atoms in total. The highest BCUT2D eigenvalue weighted by atomic mass is 35.5. The zero-order chi connectivity index (χ0) is 45.2. The molecule has 1 N–H and O–H groups in total. The van der Waals surface area contributed by atoms with Gasteiger partial charge in [-0.25, -0.2) is 4.39 Å². The summed E-state index contributed by atoms with van der Waals surface area (Å²) in [5.74, 6) is 5.36. The lowest BCUT2D eigenvalue weighted by Crippen LogP contribution is -2.65. The fourth-order valence-corrected chi connectivity index (χ4v) is 12.3. The van der Waals surface area contributed by atoms with E-state index in [0.717, 1.165) is 85.7 Å². The largest absolute Gasteiger partial charge is 0.489 e. The van der Waals surface area contributed by atoms with E-state index in [2.05, 4.69) is 61.9 Å². The molecule has 4 fully saturated rings. The van der Waals surface area contributed by atoms with Gasteiger partial charge in [0.1, 0.15) is 29.8 Å². The summed E-state index contributed by atoms with van der Waals surface area (Å²) >= 11 is 6.29. The number of likely N-dealkylation sites (tertiary alicyclic amines) is 1. The van der Waals surface area contributed by atoms with Crippen LogP contribution in [-0.2, 0) is 16.0 Å². The Morgan fingerprint density at radius 3 is 2.22 bits per heavy atom. The number of hydrogen-bond donors (Lipinski definition) is 1. The van der Waals surface area contributed by atoms with Crippen LogP contribution in [0.1, 0.15) is 127 Å². The number of fused-ring (bicyclic) bond motifs is 2. The van der Waals surface area contributed by atoms with Crippen LogP contribution in [0.4, 0.5) is 10.1 Å². The lowest BCUT2D eigenvalue weighted by Gasteiger charge is -2.63. The van der Waals surface area contributed by atoms with E-state index in [1.54, 1.807) is 18.2 Å². The van der Waals surface area contributed by atoms with Crippen molar-refractivity contribution in [3.05, 3.63) is 92.8 Å². The number of piperidine rings is 3. The standard InChI is InChI=1S/C51H53ClFN5O6/c1-50(2)43(51(3,4)49(50)64-35-10-8-32(28-54)39(52)25-35)13-9-31-24-33-23-30(7-11-36(33)45(31)60)6-5-29-15-19-56(20-16-29)34-17-21-57(22-18-34)42-27-38-37(26-40(42)53)47(62)58(48(38)63)41-12-14-44(59)55-46(41)61/h7-8,10-11,23,25-27,29,31,34,41,43,49H,9,12-22,24H2,1-4H3,(H,55,59,61). The van der Waals surface area contributed by atoms with Crippen molar-refractivity contribution in [2.45, 2.75) is 104 Å². The van der Waals surface area contributed by atoms with Gasteiger partial charge < -0.3 is 14.5 Å². The number of nitriles is 1. The second-order valence-electron chi connectivity index (χ2n) is 19.8. The summed E-state index contributed by atoms with van der Waals surface area (Å²) in [6, 6.07) is 15.2. The molecule has 2 aliphatic carbocycles. The predicted molar refractivity (Wildman–Crippen MR) is 238 cm³/mol. The van der Waals surface area contributed by atoms with Crippen LogP contribution in [0.3, 0.4) is 0 Å². The number of halogens is 2. The molecule has 9 rings (SSSR count). The van der Waals surface area contributed by atoms with Gasteiger partial charge in [-0.15, -0.1) is 0 Å². The minimum absolute atomic E-state index is 0.0180. The molecule has 332 valence electrons. The van der Waals surface area contributed by atoms with Crippen LogP contribution in [0, 0.1) is 57.6 Å². The first kappa shape index (κ1) is 43.7. The first-order chi connectivity index (χ1) is 30.5. The number of nitrogens with one attached hydrogen (secondary N) is 1. The smallest absolute Gasteiger partial charge is 0.262 e. The van der Waals surface area contributed by atoms with Gasteiger partial charge in [0, 0.05) is 65.4 Å². The molecule has 4 amide bonds. The average Bonchev–Trinajstić information content (AvgIpc) is 3.71. The first-order valence-electron chi connectivity index (χ1n) is 22.6. The summed E-state index contributed by atoms with van der Waals surface area (Å²) in [5.41, 5.74) is 3.35. The van der Waals surface area contributed by atoms with Gasteiger partial charge in [0.05, 0.1) is 27.4 Å². The Labute approximate surface area is 378 Å². The van der Waals surface area contributed by atoms with E-state index in [0.29, 0.717) is 41.4 Å². The van der Waals surface area contributed by atoms with Crippen molar-refractivity contribution in [3.8, 4) is 23.7 Å². The summed E-state index contributed by atoms with van der Waals surface area (Å²) in [6.45, 7) is 12.0. The minimum Gasteiger partial charge on any atom is -0.489 e. The van der Waals surface area contributed by atoms with E-state index in [4.69, 9.17) is 16.3 Å². The van der Waals surface area contributed by atoms with E-state index in [-0.39, 0.29) is 64.2 Å². The number of rotatable bonds is 8. The Hall–Kier alpha value is -5.56. The van der Waals surface area contributed by atoms with Crippen LogP contribution < -0.4 is 15.0 Å². The van der Waals surface area contributed by atoms with Gasteiger partial charge in [-0.2, -0.15) is 5.26 Å². The molecule has 3 saturated heterocycles. The van der Waals surface area contributed by atoms with Gasteiger partial charge in [-0.05, 0) is 118 Å². The van der Waals surface area contributed by atoms with Gasteiger partial charge in [0.15, 0.2) is 5.78 Å². The fourth-order valence-electron chi connectivity index (χ4n) is 12.1. The summed E-state index contributed by atoms with van der Waals surface area (Å²) in [5, 5.41) is 11.8. The highest BCUT2D eigenvalue weighted by molar-refractivity contribution is 6.31. The molecule has 4 heterocycles. The van der Waals surface area contributed by atoms with Crippen molar-refractivity contribution in [2.75, 3.05) is 31.1 Å². The number of ether oxygens (including phenoxy) is 1. The maximum absolute atomic E-state index is 15.5. The second kappa shape index (κ2) is 16.8. The van der Waals surface area contributed by atoms with E-state index in [1.165, 1.54) is 6.07 Å². The molecule has 2 unspecified atom stereocenters. The molecule has 0 aromatic heterocycles. The third-order valence-electron chi connectivity index (χ3n) is 15.3. The molecule has 1 saturated carbocycles. The fraction of sp³-hybridized carbons (Fsp3) is 0.490. The SMILES string of the molecule is CC1(C)C(CCC2Cc3cc(C#CC4CCN(C5CCN(c6cc7c(cc6F)C(=O)N(C6CCC(=O)NC6=O)C7=O)CC5)CC4)ccc3C2=O)C(C)(C)C1Oc1ccc(C#N)c(Cl)c1. The third kappa shape index (κ3) is 7.77. The number of carbonyl (C=O) groups is 5. The van der Waals surface area contributed by atoms with Crippen LogP contribution in [0.15, 0.2) is 48.5 Å². The highest BCUT2D eigenvalue weighted by Gasteiger charge is 2.63. The third-order valence-corrected chi connectivity index (χ3v) is 15.6. The molecule has 3 aromatic carbocycles. The van der Waals surface area contributed by atoms with Crippen LogP contribution in [0.25, 0.3) is 0 Å². The van der Waals surface area contributed by atoms with Gasteiger partial charge in [0.25, 0.3) is 11.8 Å². The highest BCUT2D eigenvalue weighted by Crippen LogP contribution is 2.62. The van der Waals surface area contributed by atoms with E-state index < -0.39 is 35.5 Å². The van der Waals surface area contributed by atoms with Crippen molar-refractivity contribution < 1.29 is 33.1 Å². The average molecular weight is 886 g/mol. The molecule has 2 atom stereocenters. The summed E-state index contributed by atoms with van der Waals surface area (Å²) in [7, 11) is 0. The molecule has 0 bridgehead atoms. The van der Waals surface area contributed by atoms with Crippen LogP contribution >= 0.6 is 11.6 Å². The number of hydrogen-bond acceptors (Lipinski definition) is 9. The van der Waals surface area contributed by atoms with E-state index in [9.17, 15) is 29.2 Å². The summed E-state index contributed by atoms with van der Waals surface area (Å²) < 4.78 is 22.0. The van der Waals surface area contributed by atoms with Crippen molar-refractivity contribution in [2.24, 2.45) is 28.6 Å². The maximum Gasteiger partial charge on any atom is 0.262 e. The van der Waals surface area contributed by atoms with E-state index >= 15 is 4.39 Å². The van der Waals surface area contributed by atoms with Crippen molar-refractivity contribution in [1.29, 1.82) is 5.26 Å². The number of imide groups is 2. The molecular weight excluding hydrogens is 833 g/mol. The van der Waals surface area contributed by atoms with Gasteiger partial charge in [-0.3, -0.25) is 34.2 Å². The molecule has 4 aliphatic heterocycles. The Kier molecular flexibility index (Phi) is 11.4. The number of nitrogens with zero attached hydrogens (tertiary/aromatic N) is 4. The topological polar surface area (TPSA) is 140 Å². The molecule has 0 radical (unpaired) electrons. The number of Topliss-reactive ketones (excluding diaryl/α,β-unsaturated/α-hetero) is 1. The Morgan fingerprint density at radius 2 is 1.55 bits per heavy atom. The molecule has 0 spiro atoms. The van der Waals surface area contributed by atoms with Crippen molar-refractivity contribution in [1.82, 2.24) is 15.1 Å². The maximum atomic E-state index is 15.5. The Bertz CT molecular complexity index is 2560. The zero-order valence-electron chi connectivity index (χ0n) is 36.8. The van der Waals surface area contributed by atoms with Crippen LogP contribution in [0.2, 0.25) is 5.02 Å². The van der Waals surface area contributed by atoms with Crippen LogP contribution in [-0.4, -0.2) is 83.6 Å². The molecule has 6 aliphatic rings. The van der Waals surface area contributed by atoms with Gasteiger partial charge >= 0.3 is 0 Å². The molecule has 13 heteroatoms. The van der Waals surface area contributed by atoms with Crippen LogP contribution in [0.5, 0.6) is 5.75 Å². The van der Waals surface area contributed by atoms with Crippen molar-refractivity contribution in [3.63, 3.8) is 0 Å². The predicted octanol–water partition coefficient (Wildman–Crippen LogP) is 7.75. The quantitative estimate of drug-likeness (QED) is 0.178. The lowest BCUT2D eigenvalue weighted by molar-refractivity contribution is -0.201. The Balaban J connectivity index is 0.746. The first-order valence-corrected chi connectivity index (χ1v) is 23.0. The minimum atomic E-state index is -1.10. The summed E-state index contributed by atoms with van der Waals surface area (Å²) in [4.78, 5) is 69.5. The number of anilines is 1. The second-order valence-corrected chi connectivity index (χ2v) is 20.2.